The standard InChI is InChI=1S/C36H35Cl2N5O4/c1-22(23-11-9-14-26(17-23)41-32(44)15-10-16-42(2)3)43-28-19-31(40-25-12-7-6-8-13-25)39-21-24(28)18-27(36(43)45)33-34(37)29(46-4)20-30(47-5)35(33)38/h6-15,17-22H,16H2,1-5H3,(H,39,40)(H,41,44)/b15-10+. The molecule has 1 unspecified atom stereocenters. The smallest absolute Gasteiger partial charge is 0.259 e. The molecule has 5 rings (SSSR count). The lowest BCUT2D eigenvalue weighted by atomic mass is 10.0. The van der Waals surface area contributed by atoms with Crippen molar-refractivity contribution in [2.24, 2.45) is 0 Å². The van der Waals surface area contributed by atoms with E-state index in [-0.39, 0.29) is 32.6 Å². The molecule has 5 aromatic rings. The maximum atomic E-state index is 14.6. The van der Waals surface area contributed by atoms with Crippen LogP contribution in [0.4, 0.5) is 17.2 Å². The molecule has 0 radical (unpaired) electrons. The highest BCUT2D eigenvalue weighted by Crippen LogP contribution is 2.45. The molecule has 0 bridgehead atoms. The largest absolute Gasteiger partial charge is 0.495 e. The number of halogens is 2. The van der Waals surface area contributed by atoms with Crippen LogP contribution in [-0.4, -0.2) is 55.2 Å². The Morgan fingerprint density at radius 2 is 1.64 bits per heavy atom. The Kier molecular flexibility index (Phi) is 10.5. The minimum absolute atomic E-state index is 0.177. The summed E-state index contributed by atoms with van der Waals surface area (Å²) >= 11 is 13.6. The second-order valence-corrected chi connectivity index (χ2v) is 11.8. The van der Waals surface area contributed by atoms with Gasteiger partial charge in [0.25, 0.3) is 5.56 Å². The first-order valence-corrected chi connectivity index (χ1v) is 15.6. The van der Waals surface area contributed by atoms with Crippen LogP contribution in [-0.2, 0) is 4.79 Å². The van der Waals surface area contributed by atoms with Crippen LogP contribution in [0.15, 0.2) is 95.9 Å². The number of nitrogens with zero attached hydrogens (tertiary/aromatic N) is 3. The van der Waals surface area contributed by atoms with Crippen molar-refractivity contribution in [1.82, 2.24) is 14.5 Å². The van der Waals surface area contributed by atoms with E-state index in [9.17, 15) is 9.59 Å². The van der Waals surface area contributed by atoms with Crippen LogP contribution in [0, 0.1) is 0 Å². The van der Waals surface area contributed by atoms with Gasteiger partial charge in [-0.15, -0.1) is 0 Å². The summed E-state index contributed by atoms with van der Waals surface area (Å²) in [5, 5.41) is 7.26. The first-order chi connectivity index (χ1) is 22.6. The number of rotatable bonds is 11. The lowest BCUT2D eigenvalue weighted by Gasteiger charge is -2.22. The van der Waals surface area contributed by atoms with Crippen molar-refractivity contribution in [3.05, 3.63) is 117 Å². The van der Waals surface area contributed by atoms with E-state index in [0.29, 0.717) is 40.5 Å². The Labute approximate surface area is 283 Å². The Hall–Kier alpha value is -4.83. The predicted molar refractivity (Wildman–Crippen MR) is 191 cm³/mol. The van der Waals surface area contributed by atoms with Crippen molar-refractivity contribution in [2.75, 3.05) is 45.5 Å². The monoisotopic (exact) mass is 671 g/mol. The fourth-order valence-electron chi connectivity index (χ4n) is 5.23. The molecule has 0 aliphatic rings. The summed E-state index contributed by atoms with van der Waals surface area (Å²) in [5.41, 5.74) is 3.05. The number of benzene rings is 3. The summed E-state index contributed by atoms with van der Waals surface area (Å²) in [6.45, 7) is 2.56. The fourth-order valence-corrected chi connectivity index (χ4v) is 5.94. The summed E-state index contributed by atoms with van der Waals surface area (Å²) in [4.78, 5) is 33.8. The Morgan fingerprint density at radius 1 is 0.957 bits per heavy atom. The van der Waals surface area contributed by atoms with Crippen LogP contribution in [0.1, 0.15) is 18.5 Å². The third kappa shape index (κ3) is 7.44. The summed E-state index contributed by atoms with van der Waals surface area (Å²) in [6.07, 6.45) is 4.99. The number of hydrogen-bond acceptors (Lipinski definition) is 7. The second-order valence-electron chi connectivity index (χ2n) is 11.1. The number of para-hydroxylation sites is 1. The second kappa shape index (κ2) is 14.7. The van der Waals surface area contributed by atoms with Crippen LogP contribution in [0.2, 0.25) is 10.0 Å². The highest BCUT2D eigenvalue weighted by molar-refractivity contribution is 6.41. The molecule has 47 heavy (non-hydrogen) atoms. The molecule has 0 saturated carbocycles. The van der Waals surface area contributed by atoms with Gasteiger partial charge in [-0.2, -0.15) is 0 Å². The minimum Gasteiger partial charge on any atom is -0.495 e. The fraction of sp³-hybridized carbons (Fsp3) is 0.194. The van der Waals surface area contributed by atoms with Crippen LogP contribution in [0.25, 0.3) is 22.0 Å². The summed E-state index contributed by atoms with van der Waals surface area (Å²) in [7, 11) is 6.82. The van der Waals surface area contributed by atoms with Crippen LogP contribution in [0.3, 0.4) is 0 Å². The summed E-state index contributed by atoms with van der Waals surface area (Å²) < 4.78 is 12.7. The third-order valence-corrected chi connectivity index (χ3v) is 8.32. The van der Waals surface area contributed by atoms with E-state index in [1.165, 1.54) is 20.3 Å². The number of fused-ring (bicyclic) bond motifs is 1. The van der Waals surface area contributed by atoms with Gasteiger partial charge in [-0.1, -0.05) is 59.6 Å². The van der Waals surface area contributed by atoms with Gasteiger partial charge in [0.05, 0.1) is 41.4 Å². The summed E-state index contributed by atoms with van der Waals surface area (Å²) in [6, 6.07) is 21.7. The molecule has 242 valence electrons. The molecule has 2 heterocycles. The van der Waals surface area contributed by atoms with Gasteiger partial charge in [0.1, 0.15) is 17.3 Å². The number of likely N-dealkylation sites (N-methyl/N-ethyl adjacent to an activating group) is 1. The number of carbonyl (C=O) groups excluding carboxylic acids is 1. The molecule has 1 atom stereocenters. The van der Waals surface area contributed by atoms with E-state index in [1.807, 2.05) is 80.5 Å². The first-order valence-electron chi connectivity index (χ1n) is 14.8. The summed E-state index contributed by atoms with van der Waals surface area (Å²) in [5.74, 6) is 0.929. The van der Waals surface area contributed by atoms with Gasteiger partial charge < -0.3 is 29.6 Å². The number of nitrogens with one attached hydrogen (secondary N) is 2. The molecule has 0 aliphatic heterocycles. The molecule has 3 aromatic carbocycles. The number of methoxy groups -OCH3 is 2. The Balaban J connectivity index is 1.68. The molecule has 0 spiro atoms. The molecule has 0 saturated heterocycles. The molecule has 11 heteroatoms. The number of aromatic nitrogens is 2. The van der Waals surface area contributed by atoms with Crippen LogP contribution in [0.5, 0.6) is 11.5 Å². The lowest BCUT2D eigenvalue weighted by molar-refractivity contribution is -0.111. The molecular weight excluding hydrogens is 637 g/mol. The quantitative estimate of drug-likeness (QED) is 0.138. The Morgan fingerprint density at radius 3 is 2.30 bits per heavy atom. The number of anilines is 3. The minimum atomic E-state index is -0.497. The zero-order valence-electron chi connectivity index (χ0n) is 26.7. The first kappa shape index (κ1) is 33.5. The van der Waals surface area contributed by atoms with Crippen molar-refractivity contribution in [3.63, 3.8) is 0 Å². The molecular formula is C36H35Cl2N5O4. The maximum absolute atomic E-state index is 14.6. The van der Waals surface area contributed by atoms with E-state index in [0.717, 1.165) is 11.3 Å². The number of hydrogen-bond donors (Lipinski definition) is 2. The SMILES string of the molecule is COc1cc(OC)c(Cl)c(-c2cc3cnc(Nc4ccccc4)cc3n(C(C)c3cccc(NC(=O)/C=C/CN(C)C)c3)c2=O)c1Cl. The normalized spacial score (nSPS) is 12.0. The highest BCUT2D eigenvalue weighted by atomic mass is 35.5. The number of carbonyl (C=O) groups is 1. The van der Waals surface area contributed by atoms with Crippen LogP contribution >= 0.6 is 23.2 Å². The van der Waals surface area contributed by atoms with Gasteiger partial charge in [0.15, 0.2) is 0 Å². The molecule has 2 aromatic heterocycles. The average molecular weight is 673 g/mol. The number of ether oxygens (including phenoxy) is 2. The Bertz CT molecular complexity index is 1980. The van der Waals surface area contributed by atoms with E-state index in [4.69, 9.17) is 32.7 Å². The number of amides is 1. The molecule has 9 nitrogen and oxygen atoms in total. The van der Waals surface area contributed by atoms with Gasteiger partial charge in [0.2, 0.25) is 5.91 Å². The average Bonchev–Trinajstić information content (AvgIpc) is 3.05. The van der Waals surface area contributed by atoms with Crippen molar-refractivity contribution < 1.29 is 14.3 Å². The maximum Gasteiger partial charge on any atom is 0.259 e. The van der Waals surface area contributed by atoms with Gasteiger partial charge >= 0.3 is 0 Å². The topological polar surface area (TPSA) is 97.7 Å². The van der Waals surface area contributed by atoms with Crippen molar-refractivity contribution >= 4 is 57.2 Å². The molecule has 2 N–H and O–H groups in total. The molecule has 0 aliphatic carbocycles. The molecule has 0 fully saturated rings. The van der Waals surface area contributed by atoms with Crippen LogP contribution < -0.4 is 25.7 Å². The van der Waals surface area contributed by atoms with Gasteiger partial charge in [0, 0.05) is 53.3 Å². The van der Waals surface area contributed by atoms with E-state index < -0.39 is 6.04 Å². The van der Waals surface area contributed by atoms with Crippen molar-refractivity contribution in [1.29, 1.82) is 0 Å². The zero-order chi connectivity index (χ0) is 33.7. The number of pyridine rings is 2. The van der Waals surface area contributed by atoms with Gasteiger partial charge in [-0.3, -0.25) is 9.59 Å². The lowest BCUT2D eigenvalue weighted by Crippen LogP contribution is -2.26. The molecule has 1 amide bonds. The highest BCUT2D eigenvalue weighted by Gasteiger charge is 2.25. The zero-order valence-corrected chi connectivity index (χ0v) is 28.2. The third-order valence-electron chi connectivity index (χ3n) is 7.57. The van der Waals surface area contributed by atoms with Gasteiger partial charge in [-0.05, 0) is 56.9 Å². The van der Waals surface area contributed by atoms with E-state index in [2.05, 4.69) is 15.6 Å². The van der Waals surface area contributed by atoms with Crippen molar-refractivity contribution in [2.45, 2.75) is 13.0 Å². The van der Waals surface area contributed by atoms with Crippen molar-refractivity contribution in [3.8, 4) is 22.6 Å². The predicted octanol–water partition coefficient (Wildman–Crippen LogP) is 7.80. The van der Waals surface area contributed by atoms with E-state index in [1.54, 1.807) is 35.0 Å². The van der Waals surface area contributed by atoms with E-state index >= 15 is 0 Å². The van der Waals surface area contributed by atoms with Gasteiger partial charge in [-0.25, -0.2) is 4.98 Å².